The fourth-order valence-corrected chi connectivity index (χ4v) is 2.62. The van der Waals surface area contributed by atoms with Gasteiger partial charge < -0.3 is 10.2 Å². The van der Waals surface area contributed by atoms with Gasteiger partial charge in [0.2, 0.25) is 0 Å². The van der Waals surface area contributed by atoms with Gasteiger partial charge in [-0.2, -0.15) is 0 Å². The summed E-state index contributed by atoms with van der Waals surface area (Å²) in [5, 5.41) is 2.30. The highest BCUT2D eigenvalue weighted by atomic mass is 19.1. The molecular weight excluding hydrogens is 275 g/mol. The van der Waals surface area contributed by atoms with Crippen molar-refractivity contribution in [1.29, 1.82) is 0 Å². The minimum Gasteiger partial charge on any atom is -0.372 e. The fourth-order valence-electron chi connectivity index (χ4n) is 2.62. The normalized spacial score (nSPS) is 10.7. The highest BCUT2D eigenvalue weighted by molar-refractivity contribution is 5.47. The molecular formula is C19H26FN2+. The lowest BCUT2D eigenvalue weighted by Crippen LogP contribution is -2.83. The summed E-state index contributed by atoms with van der Waals surface area (Å²) in [6.07, 6.45) is 0.970. The molecule has 3 heteroatoms. The molecule has 0 bridgehead atoms. The van der Waals surface area contributed by atoms with Crippen LogP contribution in [0.5, 0.6) is 0 Å². The summed E-state index contributed by atoms with van der Waals surface area (Å²) in [5.41, 5.74) is 3.82. The third-order valence-electron chi connectivity index (χ3n) is 4.00. The van der Waals surface area contributed by atoms with E-state index in [1.165, 1.54) is 28.9 Å². The van der Waals surface area contributed by atoms with Gasteiger partial charge in [0.05, 0.1) is 6.54 Å². The topological polar surface area (TPSA) is 19.9 Å². The van der Waals surface area contributed by atoms with Gasteiger partial charge in [0.1, 0.15) is 12.4 Å². The maximum absolute atomic E-state index is 12.8. The third-order valence-corrected chi connectivity index (χ3v) is 4.00. The Kier molecular flexibility index (Phi) is 6.41. The molecule has 22 heavy (non-hydrogen) atoms. The second kappa shape index (κ2) is 8.54. The van der Waals surface area contributed by atoms with Gasteiger partial charge in [-0.25, -0.2) is 4.39 Å². The first kappa shape index (κ1) is 16.5. The largest absolute Gasteiger partial charge is 0.372 e. The Labute approximate surface area is 133 Å². The van der Waals surface area contributed by atoms with Crippen LogP contribution in [0.1, 0.15) is 25.0 Å². The molecule has 0 heterocycles. The molecule has 0 aromatic heterocycles. The number of anilines is 1. The van der Waals surface area contributed by atoms with Crippen LogP contribution in [0.15, 0.2) is 48.5 Å². The Morgan fingerprint density at radius 2 is 1.45 bits per heavy atom. The Hall–Kier alpha value is -1.87. The fraction of sp³-hybridized carbons (Fsp3) is 0.368. The van der Waals surface area contributed by atoms with Crippen molar-refractivity contribution in [3.05, 3.63) is 65.5 Å². The quantitative estimate of drug-likeness (QED) is 0.743. The predicted molar refractivity (Wildman–Crippen MR) is 90.6 cm³/mol. The first-order chi connectivity index (χ1) is 10.7. The van der Waals surface area contributed by atoms with Gasteiger partial charge in [0, 0.05) is 30.8 Å². The van der Waals surface area contributed by atoms with Gasteiger partial charge in [-0.3, -0.25) is 0 Å². The summed E-state index contributed by atoms with van der Waals surface area (Å²) in [5.74, 6) is -0.166. The van der Waals surface area contributed by atoms with E-state index in [2.05, 4.69) is 48.3 Å². The second-order valence-corrected chi connectivity index (χ2v) is 5.50. The molecule has 2 N–H and O–H groups in total. The lowest BCUT2D eigenvalue weighted by molar-refractivity contribution is -0.670. The van der Waals surface area contributed by atoms with E-state index in [0.717, 1.165) is 32.6 Å². The molecule has 0 atom stereocenters. The van der Waals surface area contributed by atoms with E-state index in [1.807, 2.05) is 12.1 Å². The van der Waals surface area contributed by atoms with Gasteiger partial charge in [-0.15, -0.1) is 0 Å². The molecule has 0 saturated heterocycles. The molecule has 0 radical (unpaired) electrons. The maximum atomic E-state index is 12.8. The van der Waals surface area contributed by atoms with Crippen LogP contribution in [0.3, 0.4) is 0 Å². The van der Waals surface area contributed by atoms with E-state index in [-0.39, 0.29) is 5.82 Å². The summed E-state index contributed by atoms with van der Waals surface area (Å²) in [6, 6.07) is 15.6. The number of halogens is 1. The van der Waals surface area contributed by atoms with Crippen LogP contribution < -0.4 is 10.2 Å². The lowest BCUT2D eigenvalue weighted by atomic mass is 10.1. The van der Waals surface area contributed by atoms with E-state index in [0.29, 0.717) is 0 Å². The van der Waals surface area contributed by atoms with Crippen molar-refractivity contribution in [1.82, 2.24) is 0 Å². The highest BCUT2D eigenvalue weighted by Gasteiger charge is 2.02. The van der Waals surface area contributed by atoms with Gasteiger partial charge in [0.25, 0.3) is 0 Å². The number of hydrogen-bond donors (Lipinski definition) is 1. The maximum Gasteiger partial charge on any atom is 0.123 e. The average Bonchev–Trinajstić information content (AvgIpc) is 2.56. The standard InChI is InChI=1S/C19H25FN2/c1-3-22(4-2)19-11-7-17(8-12-19)15-21-14-13-16-5-9-18(20)10-6-16/h5-12,21H,3-4,13-15H2,1-2H3/p+1. The van der Waals surface area contributed by atoms with Crippen LogP contribution >= 0.6 is 0 Å². The molecule has 0 saturated carbocycles. The van der Waals surface area contributed by atoms with Crippen LogP contribution in [0.25, 0.3) is 0 Å². The number of benzene rings is 2. The Morgan fingerprint density at radius 1 is 0.864 bits per heavy atom. The molecule has 2 aromatic carbocycles. The Balaban J connectivity index is 1.76. The van der Waals surface area contributed by atoms with Crippen LogP contribution in [0, 0.1) is 5.82 Å². The molecule has 0 unspecified atom stereocenters. The van der Waals surface area contributed by atoms with Crippen LogP contribution in [0.4, 0.5) is 10.1 Å². The summed E-state index contributed by atoms with van der Waals surface area (Å²) in [4.78, 5) is 2.35. The van der Waals surface area contributed by atoms with Crippen molar-refractivity contribution in [2.75, 3.05) is 24.5 Å². The SMILES string of the molecule is CCN(CC)c1ccc(C[NH2+]CCc2ccc(F)cc2)cc1. The zero-order valence-corrected chi connectivity index (χ0v) is 13.6. The zero-order chi connectivity index (χ0) is 15.8. The number of quaternary nitrogens is 1. The summed E-state index contributed by atoms with van der Waals surface area (Å²) in [7, 11) is 0. The molecule has 0 aliphatic rings. The van der Waals surface area contributed by atoms with Crippen molar-refractivity contribution in [3.63, 3.8) is 0 Å². The summed E-state index contributed by atoms with van der Waals surface area (Å²) in [6.45, 7) is 8.45. The van der Waals surface area contributed by atoms with Crippen molar-refractivity contribution < 1.29 is 9.71 Å². The molecule has 0 aliphatic carbocycles. The van der Waals surface area contributed by atoms with Crippen molar-refractivity contribution >= 4 is 5.69 Å². The minimum absolute atomic E-state index is 0.166. The monoisotopic (exact) mass is 301 g/mol. The number of nitrogens with two attached hydrogens (primary N) is 1. The van der Waals surface area contributed by atoms with Crippen molar-refractivity contribution in [3.8, 4) is 0 Å². The van der Waals surface area contributed by atoms with Gasteiger partial charge in [-0.05, 0) is 43.7 Å². The number of rotatable bonds is 8. The zero-order valence-electron chi connectivity index (χ0n) is 13.6. The van der Waals surface area contributed by atoms with Crippen LogP contribution in [-0.4, -0.2) is 19.6 Å². The average molecular weight is 301 g/mol. The van der Waals surface area contributed by atoms with Crippen LogP contribution in [0.2, 0.25) is 0 Å². The Morgan fingerprint density at radius 3 is 2.05 bits per heavy atom. The van der Waals surface area contributed by atoms with E-state index < -0.39 is 0 Å². The summed E-state index contributed by atoms with van der Waals surface area (Å²) >= 11 is 0. The van der Waals surface area contributed by atoms with E-state index in [4.69, 9.17) is 0 Å². The molecule has 2 aromatic rings. The molecule has 0 aliphatic heterocycles. The summed E-state index contributed by atoms with van der Waals surface area (Å²) < 4.78 is 12.8. The van der Waals surface area contributed by atoms with E-state index in [9.17, 15) is 4.39 Å². The van der Waals surface area contributed by atoms with Gasteiger partial charge >= 0.3 is 0 Å². The molecule has 118 valence electrons. The lowest BCUT2D eigenvalue weighted by Gasteiger charge is -2.21. The predicted octanol–water partition coefficient (Wildman–Crippen LogP) is 2.98. The number of hydrogen-bond acceptors (Lipinski definition) is 1. The van der Waals surface area contributed by atoms with Gasteiger partial charge in [-0.1, -0.05) is 24.3 Å². The molecule has 0 fully saturated rings. The van der Waals surface area contributed by atoms with Gasteiger partial charge in [0.15, 0.2) is 0 Å². The second-order valence-electron chi connectivity index (χ2n) is 5.50. The van der Waals surface area contributed by atoms with E-state index >= 15 is 0 Å². The van der Waals surface area contributed by atoms with Crippen molar-refractivity contribution in [2.45, 2.75) is 26.8 Å². The third kappa shape index (κ3) is 4.85. The Bertz CT molecular complexity index is 545. The minimum atomic E-state index is -0.166. The molecule has 2 rings (SSSR count). The smallest absolute Gasteiger partial charge is 0.123 e. The first-order valence-corrected chi connectivity index (χ1v) is 8.13. The number of nitrogens with zero attached hydrogens (tertiary/aromatic N) is 1. The molecule has 0 amide bonds. The molecule has 0 spiro atoms. The van der Waals surface area contributed by atoms with Crippen LogP contribution in [-0.2, 0) is 13.0 Å². The first-order valence-electron chi connectivity index (χ1n) is 8.13. The van der Waals surface area contributed by atoms with E-state index in [1.54, 1.807) is 0 Å². The molecule has 2 nitrogen and oxygen atoms in total. The van der Waals surface area contributed by atoms with Crippen molar-refractivity contribution in [2.24, 2.45) is 0 Å². The highest BCUT2D eigenvalue weighted by Crippen LogP contribution is 2.14.